The fraction of sp³-hybridized carbons (Fsp3) is 0.190. The van der Waals surface area contributed by atoms with E-state index in [0.717, 1.165) is 36.1 Å². The summed E-state index contributed by atoms with van der Waals surface area (Å²) >= 11 is 5.45. The maximum absolute atomic E-state index is 11.1. The van der Waals surface area contributed by atoms with Gasteiger partial charge in [0.1, 0.15) is 0 Å². The van der Waals surface area contributed by atoms with Crippen molar-refractivity contribution < 1.29 is 4.92 Å². The van der Waals surface area contributed by atoms with Gasteiger partial charge in [-0.1, -0.05) is 42.5 Å². The molecule has 27 heavy (non-hydrogen) atoms. The van der Waals surface area contributed by atoms with E-state index in [1.165, 1.54) is 17.2 Å². The lowest BCUT2D eigenvalue weighted by Gasteiger charge is -2.36. The fourth-order valence-electron chi connectivity index (χ4n) is 3.75. The molecule has 0 aromatic heterocycles. The van der Waals surface area contributed by atoms with E-state index < -0.39 is 0 Å². The minimum atomic E-state index is -0.364. The van der Waals surface area contributed by atoms with Crippen LogP contribution in [0.5, 0.6) is 0 Å². The van der Waals surface area contributed by atoms with E-state index in [0.29, 0.717) is 5.11 Å². The predicted octanol–water partition coefficient (Wildman–Crippen LogP) is 4.64. The summed E-state index contributed by atoms with van der Waals surface area (Å²) in [4.78, 5) is 10.7. The Bertz CT molecular complexity index is 966. The van der Waals surface area contributed by atoms with E-state index >= 15 is 0 Å². The third-order valence-electron chi connectivity index (χ3n) is 4.95. The number of thiocarbonyl (C=S) groups is 1. The molecule has 1 aliphatic heterocycles. The summed E-state index contributed by atoms with van der Waals surface area (Å²) in [5.74, 6) is 0. The molecule has 2 aliphatic rings. The van der Waals surface area contributed by atoms with Crippen molar-refractivity contribution in [2.24, 2.45) is 0 Å². The number of nitro groups is 1. The molecular formula is C21H19N3O2S. The molecule has 1 unspecified atom stereocenters. The number of hydrogen-bond acceptors (Lipinski definition) is 3. The van der Waals surface area contributed by atoms with Gasteiger partial charge in [-0.05, 0) is 59.8 Å². The SMILES string of the molecule is O=[N+]([O-])c1cccc(/C=C2\CCCC3=C2NC(=S)NC3c2ccccc2)c1. The average Bonchev–Trinajstić information content (AvgIpc) is 2.69. The number of benzene rings is 2. The summed E-state index contributed by atoms with van der Waals surface area (Å²) < 4.78 is 0. The largest absolute Gasteiger partial charge is 0.352 e. The van der Waals surface area contributed by atoms with Crippen LogP contribution in [0.1, 0.15) is 36.4 Å². The van der Waals surface area contributed by atoms with Crippen molar-refractivity contribution in [3.05, 3.63) is 92.7 Å². The third kappa shape index (κ3) is 3.61. The highest BCUT2D eigenvalue weighted by atomic mass is 32.1. The van der Waals surface area contributed by atoms with Gasteiger partial charge in [-0.15, -0.1) is 0 Å². The molecule has 136 valence electrons. The van der Waals surface area contributed by atoms with Gasteiger partial charge in [0.05, 0.1) is 11.0 Å². The number of nitro benzene ring substituents is 1. The lowest BCUT2D eigenvalue weighted by molar-refractivity contribution is -0.384. The van der Waals surface area contributed by atoms with Crippen LogP contribution in [0, 0.1) is 10.1 Å². The molecule has 0 spiro atoms. The van der Waals surface area contributed by atoms with Crippen molar-refractivity contribution in [1.82, 2.24) is 10.6 Å². The Labute approximate surface area is 162 Å². The van der Waals surface area contributed by atoms with E-state index in [-0.39, 0.29) is 16.7 Å². The Hall–Kier alpha value is -2.99. The first kappa shape index (κ1) is 17.4. The van der Waals surface area contributed by atoms with Crippen molar-refractivity contribution >= 4 is 29.1 Å². The number of rotatable bonds is 3. The molecule has 0 saturated carbocycles. The first-order valence-electron chi connectivity index (χ1n) is 8.93. The molecule has 1 atom stereocenters. The first-order chi connectivity index (χ1) is 13.1. The Morgan fingerprint density at radius 2 is 1.93 bits per heavy atom. The smallest absolute Gasteiger partial charge is 0.270 e. The second-order valence-electron chi connectivity index (χ2n) is 6.72. The quantitative estimate of drug-likeness (QED) is 0.464. The van der Waals surface area contributed by atoms with E-state index in [9.17, 15) is 10.1 Å². The molecule has 0 fully saturated rings. The molecule has 4 rings (SSSR count). The van der Waals surface area contributed by atoms with Crippen molar-refractivity contribution in [2.45, 2.75) is 25.3 Å². The normalized spacial score (nSPS) is 20.7. The standard InChI is InChI=1S/C21H19N3O2S/c25-24(26)17-10-4-6-14(13-17)12-16-9-5-11-18-19(15-7-2-1-3-8-15)22-21(27)23-20(16)18/h1-4,6-8,10,12-13,19H,5,9,11H2,(H2,22,23,27)/b16-12+. The van der Waals surface area contributed by atoms with Crippen LogP contribution in [0.15, 0.2) is 71.4 Å². The summed E-state index contributed by atoms with van der Waals surface area (Å²) in [6, 6.07) is 17.1. The molecule has 2 N–H and O–H groups in total. The van der Waals surface area contributed by atoms with Crippen LogP contribution >= 0.6 is 12.2 Å². The third-order valence-corrected chi connectivity index (χ3v) is 5.17. The minimum Gasteiger partial charge on any atom is -0.352 e. The zero-order valence-electron chi connectivity index (χ0n) is 14.6. The monoisotopic (exact) mass is 377 g/mol. The molecule has 1 aliphatic carbocycles. The molecule has 2 aromatic rings. The average molecular weight is 377 g/mol. The molecule has 5 nitrogen and oxygen atoms in total. The van der Waals surface area contributed by atoms with Gasteiger partial charge in [-0.3, -0.25) is 10.1 Å². The molecule has 6 heteroatoms. The van der Waals surface area contributed by atoms with E-state index in [2.05, 4.69) is 22.8 Å². The van der Waals surface area contributed by atoms with Crippen LogP contribution in [-0.4, -0.2) is 10.0 Å². The maximum Gasteiger partial charge on any atom is 0.270 e. The summed E-state index contributed by atoms with van der Waals surface area (Å²) in [7, 11) is 0. The van der Waals surface area contributed by atoms with E-state index in [1.807, 2.05) is 30.3 Å². The van der Waals surface area contributed by atoms with Gasteiger partial charge in [0.15, 0.2) is 5.11 Å². The number of nitrogens with one attached hydrogen (secondary N) is 2. The lowest BCUT2D eigenvalue weighted by atomic mass is 9.83. The van der Waals surface area contributed by atoms with Gasteiger partial charge in [0.2, 0.25) is 0 Å². The molecule has 0 amide bonds. The van der Waals surface area contributed by atoms with Crippen LogP contribution < -0.4 is 10.6 Å². The molecular weight excluding hydrogens is 358 g/mol. The fourth-order valence-corrected chi connectivity index (χ4v) is 3.97. The van der Waals surface area contributed by atoms with E-state index in [4.69, 9.17) is 12.2 Å². The highest BCUT2D eigenvalue weighted by Crippen LogP contribution is 2.38. The first-order valence-corrected chi connectivity index (χ1v) is 9.33. The van der Waals surface area contributed by atoms with Crippen molar-refractivity contribution in [2.75, 3.05) is 0 Å². The van der Waals surface area contributed by atoms with Crippen molar-refractivity contribution in [1.29, 1.82) is 0 Å². The second kappa shape index (κ2) is 7.32. The Morgan fingerprint density at radius 3 is 2.70 bits per heavy atom. The van der Waals surface area contributed by atoms with E-state index in [1.54, 1.807) is 12.1 Å². The van der Waals surface area contributed by atoms with Crippen LogP contribution in [-0.2, 0) is 0 Å². The zero-order valence-corrected chi connectivity index (χ0v) is 15.5. The van der Waals surface area contributed by atoms with Crippen LogP contribution in [0.3, 0.4) is 0 Å². The highest BCUT2D eigenvalue weighted by molar-refractivity contribution is 7.80. The topological polar surface area (TPSA) is 67.2 Å². The number of nitrogens with zero attached hydrogens (tertiary/aromatic N) is 1. The second-order valence-corrected chi connectivity index (χ2v) is 7.13. The minimum absolute atomic E-state index is 0.0590. The Morgan fingerprint density at radius 1 is 1.11 bits per heavy atom. The molecule has 0 radical (unpaired) electrons. The molecule has 0 bridgehead atoms. The van der Waals surface area contributed by atoms with Crippen LogP contribution in [0.25, 0.3) is 6.08 Å². The van der Waals surface area contributed by atoms with Crippen molar-refractivity contribution in [3.8, 4) is 0 Å². The number of non-ortho nitro benzene ring substituents is 1. The zero-order chi connectivity index (χ0) is 18.8. The molecule has 1 heterocycles. The van der Waals surface area contributed by atoms with Gasteiger partial charge in [-0.25, -0.2) is 0 Å². The highest BCUT2D eigenvalue weighted by Gasteiger charge is 2.30. The van der Waals surface area contributed by atoms with Gasteiger partial charge in [0, 0.05) is 17.8 Å². The molecule has 2 aromatic carbocycles. The van der Waals surface area contributed by atoms with Gasteiger partial charge in [0.25, 0.3) is 5.69 Å². The Balaban J connectivity index is 1.76. The summed E-state index contributed by atoms with van der Waals surface area (Å²) in [5.41, 5.74) is 5.61. The predicted molar refractivity (Wildman–Crippen MR) is 110 cm³/mol. The summed E-state index contributed by atoms with van der Waals surface area (Å²) in [6.45, 7) is 0. The van der Waals surface area contributed by atoms with Gasteiger partial charge < -0.3 is 10.6 Å². The number of allylic oxidation sites excluding steroid dienone is 1. The summed E-state index contributed by atoms with van der Waals surface area (Å²) in [5, 5.41) is 18.4. The van der Waals surface area contributed by atoms with Crippen LogP contribution in [0.2, 0.25) is 0 Å². The Kier molecular flexibility index (Phi) is 4.73. The maximum atomic E-state index is 11.1. The van der Waals surface area contributed by atoms with Gasteiger partial charge in [-0.2, -0.15) is 0 Å². The van der Waals surface area contributed by atoms with Gasteiger partial charge >= 0.3 is 0 Å². The van der Waals surface area contributed by atoms with Crippen LogP contribution in [0.4, 0.5) is 5.69 Å². The van der Waals surface area contributed by atoms with Crippen molar-refractivity contribution in [3.63, 3.8) is 0 Å². The molecule has 0 saturated heterocycles. The lowest BCUT2D eigenvalue weighted by Crippen LogP contribution is -2.45. The summed E-state index contributed by atoms with van der Waals surface area (Å²) in [6.07, 6.45) is 4.98. The number of hydrogen-bond donors (Lipinski definition) is 2.